The molecule has 4 rings (SSSR count). The van der Waals surface area contributed by atoms with Crippen molar-refractivity contribution in [1.29, 1.82) is 0 Å². The zero-order chi connectivity index (χ0) is 19.5. The predicted octanol–water partition coefficient (Wildman–Crippen LogP) is 4.81. The van der Waals surface area contributed by atoms with E-state index in [2.05, 4.69) is 51.4 Å². The van der Waals surface area contributed by atoms with Crippen molar-refractivity contribution in [3.63, 3.8) is 0 Å². The number of aromatic amines is 1. The molecule has 6 nitrogen and oxygen atoms in total. The molecular weight excluding hydrogens is 352 g/mol. The molecular formula is C22H28N4O2. The highest BCUT2D eigenvalue weighted by atomic mass is 16.5. The zero-order valence-corrected chi connectivity index (χ0v) is 16.9. The SMILES string of the molecule is CCOc1ccc(CN2CCCC[C@@H]2c2[nH]ncc2-c2onc(C)c2C)cc1. The molecule has 1 N–H and O–H groups in total. The molecule has 1 fully saturated rings. The van der Waals surface area contributed by atoms with E-state index in [1.54, 1.807) is 0 Å². The van der Waals surface area contributed by atoms with Crippen molar-refractivity contribution in [3.05, 3.63) is 53.0 Å². The minimum atomic E-state index is 0.294. The van der Waals surface area contributed by atoms with Gasteiger partial charge in [0.15, 0.2) is 5.76 Å². The van der Waals surface area contributed by atoms with Gasteiger partial charge in [-0.1, -0.05) is 23.7 Å². The van der Waals surface area contributed by atoms with Crippen LogP contribution in [0.15, 0.2) is 35.0 Å². The van der Waals surface area contributed by atoms with Gasteiger partial charge >= 0.3 is 0 Å². The van der Waals surface area contributed by atoms with Crippen LogP contribution in [0, 0.1) is 13.8 Å². The molecule has 2 aromatic heterocycles. The second-order valence-corrected chi connectivity index (χ2v) is 7.48. The molecule has 3 aromatic rings. The highest BCUT2D eigenvalue weighted by molar-refractivity contribution is 5.64. The molecule has 0 unspecified atom stereocenters. The van der Waals surface area contributed by atoms with Crippen molar-refractivity contribution in [1.82, 2.24) is 20.3 Å². The Bertz CT molecular complexity index is 913. The third kappa shape index (κ3) is 3.69. The standard InChI is InChI=1S/C22H28N4O2/c1-4-27-18-10-8-17(9-11-18)14-26-12-6-5-7-20(26)21-19(13-23-24-21)22-15(2)16(3)25-28-22/h8-11,13,20H,4-7,12,14H2,1-3H3,(H,23,24)/t20-/m1/s1. The van der Waals surface area contributed by atoms with Crippen LogP contribution in [0.2, 0.25) is 0 Å². The summed E-state index contributed by atoms with van der Waals surface area (Å²) >= 11 is 0. The lowest BCUT2D eigenvalue weighted by atomic mass is 9.95. The van der Waals surface area contributed by atoms with E-state index in [0.29, 0.717) is 12.6 Å². The zero-order valence-electron chi connectivity index (χ0n) is 16.9. The molecule has 0 saturated carbocycles. The molecule has 0 aliphatic carbocycles. The Morgan fingerprint density at radius 3 is 2.75 bits per heavy atom. The Kier molecular flexibility index (Phi) is 5.48. The van der Waals surface area contributed by atoms with Gasteiger partial charge in [0.25, 0.3) is 0 Å². The molecule has 0 spiro atoms. The van der Waals surface area contributed by atoms with Gasteiger partial charge in [0, 0.05) is 12.1 Å². The topological polar surface area (TPSA) is 67.2 Å². The van der Waals surface area contributed by atoms with Crippen LogP contribution >= 0.6 is 0 Å². The largest absolute Gasteiger partial charge is 0.494 e. The molecule has 1 saturated heterocycles. The average Bonchev–Trinajstić information content (AvgIpc) is 3.31. The van der Waals surface area contributed by atoms with Crippen molar-refractivity contribution in [2.75, 3.05) is 13.2 Å². The number of nitrogens with one attached hydrogen (secondary N) is 1. The van der Waals surface area contributed by atoms with Crippen LogP contribution in [0.3, 0.4) is 0 Å². The molecule has 148 valence electrons. The minimum absolute atomic E-state index is 0.294. The van der Waals surface area contributed by atoms with Gasteiger partial charge in [0.1, 0.15) is 5.75 Å². The number of aromatic nitrogens is 3. The van der Waals surface area contributed by atoms with Crippen LogP contribution in [-0.4, -0.2) is 33.4 Å². The van der Waals surface area contributed by atoms with Crippen LogP contribution < -0.4 is 4.74 Å². The number of aryl methyl sites for hydroxylation is 1. The van der Waals surface area contributed by atoms with Crippen LogP contribution in [-0.2, 0) is 6.54 Å². The van der Waals surface area contributed by atoms with E-state index in [0.717, 1.165) is 53.5 Å². The molecule has 0 amide bonds. The van der Waals surface area contributed by atoms with Crippen LogP contribution in [0.5, 0.6) is 5.75 Å². The average molecular weight is 380 g/mol. The van der Waals surface area contributed by atoms with E-state index in [9.17, 15) is 0 Å². The summed E-state index contributed by atoms with van der Waals surface area (Å²) in [4.78, 5) is 2.54. The maximum atomic E-state index is 5.62. The summed E-state index contributed by atoms with van der Waals surface area (Å²) < 4.78 is 11.2. The lowest BCUT2D eigenvalue weighted by Gasteiger charge is -2.35. The first-order valence-corrected chi connectivity index (χ1v) is 10.1. The van der Waals surface area contributed by atoms with Crippen molar-refractivity contribution in [2.45, 2.75) is 52.6 Å². The van der Waals surface area contributed by atoms with Crippen LogP contribution in [0.1, 0.15) is 54.7 Å². The Balaban J connectivity index is 1.58. The van der Waals surface area contributed by atoms with E-state index in [1.807, 2.05) is 20.0 Å². The molecule has 28 heavy (non-hydrogen) atoms. The second kappa shape index (κ2) is 8.19. The van der Waals surface area contributed by atoms with Crippen molar-refractivity contribution in [3.8, 4) is 17.1 Å². The molecule has 3 heterocycles. The maximum absolute atomic E-state index is 5.62. The first kappa shape index (κ1) is 18.7. The van der Waals surface area contributed by atoms with Crippen LogP contribution in [0.25, 0.3) is 11.3 Å². The normalized spacial score (nSPS) is 17.8. The minimum Gasteiger partial charge on any atom is -0.494 e. The number of nitrogens with zero attached hydrogens (tertiary/aromatic N) is 3. The van der Waals surface area contributed by atoms with E-state index in [4.69, 9.17) is 9.26 Å². The third-order valence-corrected chi connectivity index (χ3v) is 5.64. The van der Waals surface area contributed by atoms with Crippen LogP contribution in [0.4, 0.5) is 0 Å². The van der Waals surface area contributed by atoms with Crippen molar-refractivity contribution >= 4 is 0 Å². The van der Waals surface area contributed by atoms with Gasteiger partial charge < -0.3 is 9.26 Å². The summed E-state index contributed by atoms with van der Waals surface area (Å²) in [5.74, 6) is 1.75. The monoisotopic (exact) mass is 380 g/mol. The summed E-state index contributed by atoms with van der Waals surface area (Å²) in [7, 11) is 0. The fourth-order valence-corrected chi connectivity index (χ4v) is 4.00. The summed E-state index contributed by atoms with van der Waals surface area (Å²) in [6.45, 7) is 8.70. The lowest BCUT2D eigenvalue weighted by molar-refractivity contribution is 0.137. The molecule has 1 aromatic carbocycles. The summed E-state index contributed by atoms with van der Waals surface area (Å²) in [5.41, 5.74) is 5.46. The molecule has 6 heteroatoms. The first-order valence-electron chi connectivity index (χ1n) is 10.1. The van der Waals surface area contributed by atoms with Crippen molar-refractivity contribution in [2.24, 2.45) is 0 Å². The third-order valence-electron chi connectivity index (χ3n) is 5.64. The summed E-state index contributed by atoms with van der Waals surface area (Å²) in [5, 5.41) is 11.7. The number of ether oxygens (including phenoxy) is 1. The Morgan fingerprint density at radius 1 is 1.21 bits per heavy atom. The van der Waals surface area contributed by atoms with Gasteiger partial charge in [-0.15, -0.1) is 0 Å². The fourth-order valence-electron chi connectivity index (χ4n) is 4.00. The van der Waals surface area contributed by atoms with Gasteiger partial charge in [-0.2, -0.15) is 5.10 Å². The number of hydrogen-bond acceptors (Lipinski definition) is 5. The van der Waals surface area contributed by atoms with Gasteiger partial charge in [0.2, 0.25) is 0 Å². The second-order valence-electron chi connectivity index (χ2n) is 7.48. The molecule has 0 bridgehead atoms. The van der Waals surface area contributed by atoms with E-state index in [1.165, 1.54) is 18.4 Å². The maximum Gasteiger partial charge on any atom is 0.173 e. The molecule has 1 aliphatic heterocycles. The summed E-state index contributed by atoms with van der Waals surface area (Å²) in [6.07, 6.45) is 5.42. The Morgan fingerprint density at radius 2 is 2.04 bits per heavy atom. The van der Waals surface area contributed by atoms with E-state index in [-0.39, 0.29) is 0 Å². The number of rotatable bonds is 6. The Labute approximate surface area is 165 Å². The highest BCUT2D eigenvalue weighted by Crippen LogP contribution is 2.37. The number of piperidine rings is 1. The molecule has 0 radical (unpaired) electrons. The predicted molar refractivity (Wildman–Crippen MR) is 108 cm³/mol. The number of likely N-dealkylation sites (tertiary alicyclic amines) is 1. The Hall–Kier alpha value is -2.60. The van der Waals surface area contributed by atoms with Gasteiger partial charge in [-0.3, -0.25) is 10.00 Å². The molecule has 1 aliphatic rings. The van der Waals surface area contributed by atoms with Crippen molar-refractivity contribution < 1.29 is 9.26 Å². The first-order chi connectivity index (χ1) is 13.7. The van der Waals surface area contributed by atoms with E-state index < -0.39 is 0 Å². The summed E-state index contributed by atoms with van der Waals surface area (Å²) in [6, 6.07) is 8.73. The highest BCUT2D eigenvalue weighted by Gasteiger charge is 2.29. The van der Waals surface area contributed by atoms with Gasteiger partial charge in [-0.05, 0) is 57.9 Å². The van der Waals surface area contributed by atoms with E-state index >= 15 is 0 Å². The number of benzene rings is 1. The smallest absolute Gasteiger partial charge is 0.173 e. The fraction of sp³-hybridized carbons (Fsp3) is 0.455. The number of hydrogen-bond donors (Lipinski definition) is 1. The van der Waals surface area contributed by atoms with Gasteiger partial charge in [0.05, 0.1) is 35.8 Å². The van der Waals surface area contributed by atoms with Gasteiger partial charge in [-0.25, -0.2) is 0 Å². The lowest BCUT2D eigenvalue weighted by Crippen LogP contribution is -2.33. The quantitative estimate of drug-likeness (QED) is 0.665. The molecule has 1 atom stereocenters. The number of H-pyrrole nitrogens is 1.